The van der Waals surface area contributed by atoms with Crippen LogP contribution in [-0.4, -0.2) is 17.8 Å². The second-order valence-electron chi connectivity index (χ2n) is 5.39. The van der Waals surface area contributed by atoms with Crippen LogP contribution >= 0.6 is 34.4 Å². The summed E-state index contributed by atoms with van der Waals surface area (Å²) in [6, 6.07) is 13.6. The standard InChI is InChI=1S/C19H16INO4S/c1-2-24-15-9-13(10-16-18(22)21-19(23)26-16)8-14(20)17(15)25-11-12-6-4-3-5-7-12/h3-10H,2,11H2,1H3,(H,21,22,23)/b16-10-. The van der Waals surface area contributed by atoms with Crippen LogP contribution in [0.4, 0.5) is 4.79 Å². The van der Waals surface area contributed by atoms with Crippen molar-refractivity contribution in [1.29, 1.82) is 0 Å². The van der Waals surface area contributed by atoms with Crippen LogP contribution in [0.25, 0.3) is 6.08 Å². The number of rotatable bonds is 6. The number of imide groups is 1. The molecule has 3 rings (SSSR count). The van der Waals surface area contributed by atoms with Crippen molar-refractivity contribution < 1.29 is 19.1 Å². The van der Waals surface area contributed by atoms with Gasteiger partial charge in [-0.1, -0.05) is 30.3 Å². The summed E-state index contributed by atoms with van der Waals surface area (Å²) in [5.74, 6) is 0.896. The molecule has 0 aliphatic carbocycles. The highest BCUT2D eigenvalue weighted by Crippen LogP contribution is 2.36. The van der Waals surface area contributed by atoms with Gasteiger partial charge in [0, 0.05) is 0 Å². The Bertz CT molecular complexity index is 867. The molecule has 0 unspecified atom stereocenters. The van der Waals surface area contributed by atoms with Gasteiger partial charge in [-0.3, -0.25) is 14.9 Å². The Morgan fingerprint density at radius 2 is 1.92 bits per heavy atom. The fourth-order valence-corrected chi connectivity index (χ4v) is 3.84. The predicted octanol–water partition coefficient (Wildman–Crippen LogP) is 4.59. The zero-order valence-corrected chi connectivity index (χ0v) is 16.9. The van der Waals surface area contributed by atoms with Crippen LogP contribution in [-0.2, 0) is 11.4 Å². The van der Waals surface area contributed by atoms with Gasteiger partial charge >= 0.3 is 0 Å². The SMILES string of the molecule is CCOc1cc(/C=C2\SC(=O)NC2=O)cc(I)c1OCc1ccccc1. The highest BCUT2D eigenvalue weighted by atomic mass is 127. The largest absolute Gasteiger partial charge is 0.490 e. The van der Waals surface area contributed by atoms with E-state index in [1.54, 1.807) is 6.08 Å². The minimum Gasteiger partial charge on any atom is -0.490 e. The number of halogens is 1. The lowest BCUT2D eigenvalue weighted by Gasteiger charge is -2.15. The summed E-state index contributed by atoms with van der Waals surface area (Å²) in [6.07, 6.45) is 1.68. The molecule has 0 aromatic heterocycles. The maximum Gasteiger partial charge on any atom is 0.290 e. The van der Waals surface area contributed by atoms with E-state index < -0.39 is 0 Å². The first-order valence-electron chi connectivity index (χ1n) is 7.94. The number of benzene rings is 2. The number of hydrogen-bond donors (Lipinski definition) is 1. The third kappa shape index (κ3) is 4.59. The van der Waals surface area contributed by atoms with Crippen molar-refractivity contribution in [3.63, 3.8) is 0 Å². The van der Waals surface area contributed by atoms with Gasteiger partial charge in [0.1, 0.15) is 6.61 Å². The number of amides is 2. The monoisotopic (exact) mass is 481 g/mol. The average molecular weight is 481 g/mol. The number of ether oxygens (including phenoxy) is 2. The van der Waals surface area contributed by atoms with Gasteiger partial charge < -0.3 is 9.47 Å². The highest BCUT2D eigenvalue weighted by molar-refractivity contribution is 14.1. The van der Waals surface area contributed by atoms with Crippen LogP contribution in [0.15, 0.2) is 47.4 Å². The van der Waals surface area contributed by atoms with Crippen molar-refractivity contribution >= 4 is 51.6 Å². The summed E-state index contributed by atoms with van der Waals surface area (Å²) in [4.78, 5) is 23.4. The zero-order valence-electron chi connectivity index (χ0n) is 14.0. The van der Waals surface area contributed by atoms with Gasteiger partial charge in [-0.05, 0) is 70.6 Å². The minimum absolute atomic E-state index is 0.358. The number of thioether (sulfide) groups is 1. The second-order valence-corrected chi connectivity index (χ2v) is 7.57. The molecule has 1 fully saturated rings. The quantitative estimate of drug-likeness (QED) is 0.483. The Kier molecular flexibility index (Phi) is 6.20. The molecule has 7 heteroatoms. The molecule has 1 aliphatic heterocycles. The lowest BCUT2D eigenvalue weighted by molar-refractivity contribution is -0.115. The summed E-state index contributed by atoms with van der Waals surface area (Å²) in [6.45, 7) is 2.83. The fourth-order valence-electron chi connectivity index (χ4n) is 2.38. The maximum absolute atomic E-state index is 11.7. The molecule has 1 aliphatic rings. The van der Waals surface area contributed by atoms with E-state index in [0.717, 1.165) is 26.5 Å². The van der Waals surface area contributed by atoms with Gasteiger partial charge in [-0.15, -0.1) is 0 Å². The van der Waals surface area contributed by atoms with Crippen molar-refractivity contribution in [2.24, 2.45) is 0 Å². The Morgan fingerprint density at radius 3 is 2.58 bits per heavy atom. The first-order valence-corrected chi connectivity index (χ1v) is 9.84. The van der Waals surface area contributed by atoms with Crippen LogP contribution in [0.1, 0.15) is 18.1 Å². The molecular formula is C19H16INO4S. The first-order chi connectivity index (χ1) is 12.6. The van der Waals surface area contributed by atoms with Gasteiger partial charge in [0.05, 0.1) is 15.1 Å². The summed E-state index contributed by atoms with van der Waals surface area (Å²) < 4.78 is 12.6. The van der Waals surface area contributed by atoms with E-state index in [4.69, 9.17) is 9.47 Å². The molecule has 2 aromatic carbocycles. The van der Waals surface area contributed by atoms with Gasteiger partial charge in [-0.2, -0.15) is 0 Å². The molecule has 0 saturated carbocycles. The summed E-state index contributed by atoms with van der Waals surface area (Å²) in [7, 11) is 0. The third-order valence-electron chi connectivity index (χ3n) is 3.50. The smallest absolute Gasteiger partial charge is 0.290 e. The van der Waals surface area contributed by atoms with E-state index >= 15 is 0 Å². The van der Waals surface area contributed by atoms with E-state index in [2.05, 4.69) is 27.9 Å². The summed E-state index contributed by atoms with van der Waals surface area (Å²) in [5, 5.41) is 1.89. The number of hydrogen-bond acceptors (Lipinski definition) is 5. The average Bonchev–Trinajstić information content (AvgIpc) is 2.92. The summed E-state index contributed by atoms with van der Waals surface area (Å²) in [5.41, 5.74) is 1.84. The maximum atomic E-state index is 11.7. The first kappa shape index (κ1) is 18.8. The lowest BCUT2D eigenvalue weighted by Crippen LogP contribution is -2.17. The van der Waals surface area contributed by atoms with E-state index in [9.17, 15) is 9.59 Å². The molecule has 1 heterocycles. The van der Waals surface area contributed by atoms with Crippen LogP contribution < -0.4 is 14.8 Å². The lowest BCUT2D eigenvalue weighted by atomic mass is 10.2. The molecule has 2 amide bonds. The van der Waals surface area contributed by atoms with Crippen LogP contribution in [0.2, 0.25) is 0 Å². The van der Waals surface area contributed by atoms with Gasteiger partial charge in [0.15, 0.2) is 11.5 Å². The number of carbonyl (C=O) groups excluding carboxylic acids is 2. The molecule has 0 spiro atoms. The molecule has 0 radical (unpaired) electrons. The zero-order chi connectivity index (χ0) is 18.5. The van der Waals surface area contributed by atoms with Crippen molar-refractivity contribution in [2.75, 3.05) is 6.61 Å². The van der Waals surface area contributed by atoms with E-state index in [1.165, 1.54) is 0 Å². The highest BCUT2D eigenvalue weighted by Gasteiger charge is 2.25. The molecule has 2 aromatic rings. The molecule has 0 atom stereocenters. The van der Waals surface area contributed by atoms with Crippen LogP contribution in [0.3, 0.4) is 0 Å². The molecule has 1 N–H and O–H groups in total. The number of nitrogens with one attached hydrogen (secondary N) is 1. The Labute approximate surface area is 169 Å². The van der Waals surface area contributed by atoms with Crippen molar-refractivity contribution in [2.45, 2.75) is 13.5 Å². The van der Waals surface area contributed by atoms with Crippen molar-refractivity contribution in [3.05, 3.63) is 62.1 Å². The van der Waals surface area contributed by atoms with Gasteiger partial charge in [-0.25, -0.2) is 0 Å². The Morgan fingerprint density at radius 1 is 1.15 bits per heavy atom. The normalized spacial score (nSPS) is 15.2. The molecule has 5 nitrogen and oxygen atoms in total. The van der Waals surface area contributed by atoms with Crippen molar-refractivity contribution in [3.8, 4) is 11.5 Å². The van der Waals surface area contributed by atoms with Crippen molar-refractivity contribution in [1.82, 2.24) is 5.32 Å². The second kappa shape index (κ2) is 8.59. The minimum atomic E-state index is -0.377. The van der Waals surface area contributed by atoms with E-state index in [1.807, 2.05) is 49.4 Å². The fraction of sp³-hybridized carbons (Fsp3) is 0.158. The predicted molar refractivity (Wildman–Crippen MR) is 110 cm³/mol. The summed E-state index contributed by atoms with van der Waals surface area (Å²) >= 11 is 3.07. The Balaban J connectivity index is 1.87. The van der Waals surface area contributed by atoms with E-state index in [-0.39, 0.29) is 11.1 Å². The molecule has 1 saturated heterocycles. The van der Waals surface area contributed by atoms with E-state index in [0.29, 0.717) is 29.6 Å². The van der Waals surface area contributed by atoms with Crippen LogP contribution in [0, 0.1) is 3.57 Å². The molecular weight excluding hydrogens is 465 g/mol. The van der Waals surface area contributed by atoms with Crippen LogP contribution in [0.5, 0.6) is 11.5 Å². The van der Waals surface area contributed by atoms with Gasteiger partial charge in [0.2, 0.25) is 0 Å². The third-order valence-corrected chi connectivity index (χ3v) is 5.11. The molecule has 134 valence electrons. The van der Waals surface area contributed by atoms with Gasteiger partial charge in [0.25, 0.3) is 11.1 Å². The molecule has 0 bridgehead atoms. The topological polar surface area (TPSA) is 64.6 Å². The number of carbonyl (C=O) groups is 2. The molecule has 26 heavy (non-hydrogen) atoms. The Hall–Kier alpha value is -2.00.